The minimum absolute atomic E-state index is 0.0363. The maximum atomic E-state index is 10.3. The molecule has 0 aliphatic carbocycles. The zero-order valence-corrected chi connectivity index (χ0v) is 13.9. The maximum Gasteiger partial charge on any atom is 0.167 e. The molecule has 26 heavy (non-hydrogen) atoms. The molecule has 0 amide bonds. The van der Waals surface area contributed by atoms with Crippen LogP contribution in [0.4, 0.5) is 0 Å². The van der Waals surface area contributed by atoms with Crippen LogP contribution in [0.2, 0.25) is 0 Å². The number of aromatic nitrogens is 3. The van der Waals surface area contributed by atoms with Crippen LogP contribution in [0.25, 0.3) is 34.2 Å². The topological polar surface area (TPSA) is 58.9 Å². The molecule has 0 fully saturated rings. The summed E-state index contributed by atoms with van der Waals surface area (Å²) in [5, 5.41) is 10.3. The third-order valence-electron chi connectivity index (χ3n) is 3.96. The molecule has 0 bridgehead atoms. The van der Waals surface area contributed by atoms with Gasteiger partial charge >= 0.3 is 0 Å². The number of hydrogen-bond donors (Lipinski definition) is 1. The Kier molecular flexibility index (Phi) is 4.19. The molecule has 0 atom stereocenters. The fraction of sp³-hybridized carbons (Fsp3) is 0. The third kappa shape index (κ3) is 3.19. The third-order valence-corrected chi connectivity index (χ3v) is 3.96. The normalized spacial score (nSPS) is 10.6. The van der Waals surface area contributed by atoms with Gasteiger partial charge in [0.05, 0.1) is 5.56 Å². The summed E-state index contributed by atoms with van der Waals surface area (Å²) in [5.74, 6) is 1.53. The summed E-state index contributed by atoms with van der Waals surface area (Å²) in [7, 11) is 5.73. The van der Waals surface area contributed by atoms with Crippen molar-refractivity contribution in [3.8, 4) is 39.9 Å². The Morgan fingerprint density at radius 2 is 1.12 bits per heavy atom. The molecule has 4 rings (SSSR count). The molecule has 0 saturated heterocycles. The molecule has 0 aliphatic heterocycles. The van der Waals surface area contributed by atoms with Gasteiger partial charge in [0.25, 0.3) is 0 Å². The lowest BCUT2D eigenvalue weighted by molar-refractivity contribution is 0.477. The highest BCUT2D eigenvalue weighted by Crippen LogP contribution is 2.28. The summed E-state index contributed by atoms with van der Waals surface area (Å²) < 4.78 is 0. The van der Waals surface area contributed by atoms with Crippen molar-refractivity contribution in [2.75, 3.05) is 0 Å². The lowest BCUT2D eigenvalue weighted by Gasteiger charge is -2.09. The summed E-state index contributed by atoms with van der Waals surface area (Å²) in [6.45, 7) is 0. The molecular weight excluding hydrogens is 321 g/mol. The maximum absolute atomic E-state index is 10.3. The van der Waals surface area contributed by atoms with E-state index in [2.05, 4.69) is 15.0 Å². The van der Waals surface area contributed by atoms with Gasteiger partial charge in [0.15, 0.2) is 17.5 Å². The first-order valence-electron chi connectivity index (χ1n) is 8.16. The van der Waals surface area contributed by atoms with Gasteiger partial charge in [-0.25, -0.2) is 15.0 Å². The molecule has 0 saturated carbocycles. The van der Waals surface area contributed by atoms with E-state index in [0.717, 1.165) is 11.1 Å². The zero-order chi connectivity index (χ0) is 17.9. The van der Waals surface area contributed by atoms with Gasteiger partial charge in [-0.15, -0.1) is 0 Å². The number of benzene rings is 3. The average Bonchev–Trinajstić information content (AvgIpc) is 2.69. The van der Waals surface area contributed by atoms with E-state index >= 15 is 0 Å². The van der Waals surface area contributed by atoms with Crippen LogP contribution in [-0.2, 0) is 0 Å². The smallest absolute Gasteiger partial charge is 0.167 e. The van der Waals surface area contributed by atoms with E-state index in [0.29, 0.717) is 28.5 Å². The van der Waals surface area contributed by atoms with Crippen molar-refractivity contribution in [1.29, 1.82) is 0 Å². The molecule has 122 valence electrons. The average molecular weight is 335 g/mol. The van der Waals surface area contributed by atoms with E-state index in [9.17, 15) is 5.11 Å². The van der Waals surface area contributed by atoms with Crippen molar-refractivity contribution in [3.05, 3.63) is 78.9 Å². The van der Waals surface area contributed by atoms with Crippen molar-refractivity contribution in [2.24, 2.45) is 0 Å². The van der Waals surface area contributed by atoms with Crippen molar-refractivity contribution in [2.45, 2.75) is 0 Å². The van der Waals surface area contributed by atoms with Gasteiger partial charge in [0.1, 0.15) is 13.6 Å². The molecule has 2 radical (unpaired) electrons. The Morgan fingerprint density at radius 3 is 1.62 bits per heavy atom. The molecule has 3 aromatic carbocycles. The standard InChI is InChI=1S/C21H14BN3O/c22-16-11-12-17(18(26)13-16)21-24-19(14-7-3-1-4-8-14)23-20(25-21)15-9-5-2-6-10-15/h1-13,26H. The minimum Gasteiger partial charge on any atom is -0.507 e. The first kappa shape index (κ1) is 16.0. The number of rotatable bonds is 3. The molecular formula is C21H14BN3O. The van der Waals surface area contributed by atoms with Crippen LogP contribution >= 0.6 is 0 Å². The van der Waals surface area contributed by atoms with E-state index in [1.54, 1.807) is 12.1 Å². The first-order chi connectivity index (χ1) is 12.7. The van der Waals surface area contributed by atoms with E-state index in [1.807, 2.05) is 60.7 Å². The summed E-state index contributed by atoms with van der Waals surface area (Å²) in [5.41, 5.74) is 2.74. The Hall–Kier alpha value is -3.47. The van der Waals surface area contributed by atoms with Gasteiger partial charge < -0.3 is 5.11 Å². The van der Waals surface area contributed by atoms with Gasteiger partial charge in [-0.3, -0.25) is 0 Å². The second kappa shape index (κ2) is 6.80. The zero-order valence-electron chi connectivity index (χ0n) is 13.9. The largest absolute Gasteiger partial charge is 0.507 e. The molecule has 1 N–H and O–H groups in total. The highest BCUT2D eigenvalue weighted by molar-refractivity contribution is 6.32. The second-order valence-corrected chi connectivity index (χ2v) is 5.81. The predicted octanol–water partition coefficient (Wildman–Crippen LogP) is 3.37. The second-order valence-electron chi connectivity index (χ2n) is 5.81. The Morgan fingerprint density at radius 1 is 0.615 bits per heavy atom. The van der Waals surface area contributed by atoms with Gasteiger partial charge in [-0.2, -0.15) is 0 Å². The van der Waals surface area contributed by atoms with E-state index in [4.69, 9.17) is 7.85 Å². The fourth-order valence-corrected chi connectivity index (χ4v) is 2.67. The van der Waals surface area contributed by atoms with Crippen LogP contribution in [0.15, 0.2) is 78.9 Å². The molecule has 4 aromatic rings. The van der Waals surface area contributed by atoms with Crippen molar-refractivity contribution < 1.29 is 5.11 Å². The van der Waals surface area contributed by atoms with E-state index < -0.39 is 0 Å². The van der Waals surface area contributed by atoms with Gasteiger partial charge in [-0.05, 0) is 12.1 Å². The molecule has 4 nitrogen and oxygen atoms in total. The predicted molar refractivity (Wildman–Crippen MR) is 103 cm³/mol. The van der Waals surface area contributed by atoms with Crippen LogP contribution in [0.3, 0.4) is 0 Å². The van der Waals surface area contributed by atoms with Gasteiger partial charge in [0.2, 0.25) is 0 Å². The number of phenolic OH excluding ortho intramolecular Hbond substituents is 1. The molecule has 1 aromatic heterocycles. The summed E-state index contributed by atoms with van der Waals surface area (Å²) in [6, 6.07) is 24.3. The van der Waals surface area contributed by atoms with E-state index in [-0.39, 0.29) is 5.75 Å². The number of aromatic hydroxyl groups is 1. The molecule has 1 heterocycles. The monoisotopic (exact) mass is 335 g/mol. The molecule has 0 unspecified atom stereocenters. The van der Waals surface area contributed by atoms with Crippen molar-refractivity contribution >= 4 is 13.3 Å². The molecule has 5 heteroatoms. The molecule has 0 aliphatic rings. The highest BCUT2D eigenvalue weighted by atomic mass is 16.3. The minimum atomic E-state index is 0.0363. The van der Waals surface area contributed by atoms with Crippen LogP contribution in [-0.4, -0.2) is 27.9 Å². The molecule has 0 spiro atoms. The number of hydrogen-bond acceptors (Lipinski definition) is 4. The van der Waals surface area contributed by atoms with Gasteiger partial charge in [0, 0.05) is 11.1 Å². The van der Waals surface area contributed by atoms with Crippen LogP contribution < -0.4 is 5.46 Å². The lowest BCUT2D eigenvalue weighted by Crippen LogP contribution is -2.03. The number of phenols is 1. The van der Waals surface area contributed by atoms with Gasteiger partial charge in [-0.1, -0.05) is 72.2 Å². The Labute approximate surface area is 152 Å². The Balaban J connectivity index is 1.94. The van der Waals surface area contributed by atoms with Crippen LogP contribution in [0, 0.1) is 0 Å². The lowest BCUT2D eigenvalue weighted by atomic mass is 9.94. The highest BCUT2D eigenvalue weighted by Gasteiger charge is 2.14. The Bertz CT molecular complexity index is 996. The summed E-state index contributed by atoms with van der Waals surface area (Å²) in [4.78, 5) is 13.8. The van der Waals surface area contributed by atoms with Crippen molar-refractivity contribution in [3.63, 3.8) is 0 Å². The van der Waals surface area contributed by atoms with E-state index in [1.165, 1.54) is 6.07 Å². The number of nitrogens with zero attached hydrogens (tertiary/aromatic N) is 3. The quantitative estimate of drug-likeness (QED) is 0.583. The summed E-state index contributed by atoms with van der Waals surface area (Å²) >= 11 is 0. The fourth-order valence-electron chi connectivity index (χ4n) is 2.67. The SMILES string of the molecule is [B]c1ccc(-c2nc(-c3ccccc3)nc(-c3ccccc3)n2)c(O)c1. The summed E-state index contributed by atoms with van der Waals surface area (Å²) in [6.07, 6.45) is 0. The van der Waals surface area contributed by atoms with Crippen LogP contribution in [0.1, 0.15) is 0 Å². The van der Waals surface area contributed by atoms with Crippen LogP contribution in [0.5, 0.6) is 5.75 Å². The van der Waals surface area contributed by atoms with Crippen molar-refractivity contribution in [1.82, 2.24) is 15.0 Å². The first-order valence-corrected chi connectivity index (χ1v) is 8.16.